The summed E-state index contributed by atoms with van der Waals surface area (Å²) in [5, 5.41) is 11.8. The first-order valence-electron chi connectivity index (χ1n) is 12.6. The van der Waals surface area contributed by atoms with Gasteiger partial charge in [0.15, 0.2) is 11.6 Å². The largest absolute Gasteiger partial charge is 0.396 e. The van der Waals surface area contributed by atoms with E-state index in [1.165, 1.54) is 6.20 Å². The summed E-state index contributed by atoms with van der Waals surface area (Å²) in [4.78, 5) is 21.4. The van der Waals surface area contributed by atoms with Crippen molar-refractivity contribution in [3.63, 3.8) is 0 Å². The summed E-state index contributed by atoms with van der Waals surface area (Å²) in [6.07, 6.45) is 4.41. The van der Waals surface area contributed by atoms with Gasteiger partial charge < -0.3 is 10.4 Å². The number of aliphatic hydroxyl groups is 1. The van der Waals surface area contributed by atoms with Crippen molar-refractivity contribution >= 4 is 49.9 Å². The van der Waals surface area contributed by atoms with Crippen molar-refractivity contribution in [2.45, 2.75) is 44.0 Å². The Morgan fingerprint density at radius 2 is 1.95 bits per heavy atom. The van der Waals surface area contributed by atoms with Crippen LogP contribution >= 0.6 is 22.6 Å². The summed E-state index contributed by atoms with van der Waals surface area (Å²) in [5.74, 6) is -3.77. The lowest BCUT2D eigenvalue weighted by Gasteiger charge is -2.18. The van der Waals surface area contributed by atoms with Crippen molar-refractivity contribution < 1.29 is 31.9 Å². The first-order valence-corrected chi connectivity index (χ1v) is 15.2. The molecule has 214 valence electrons. The second kappa shape index (κ2) is 13.3. The molecular weight excluding hydrogens is 657 g/mol. The molecule has 1 aliphatic rings. The van der Waals surface area contributed by atoms with Crippen molar-refractivity contribution in [2.75, 3.05) is 18.5 Å². The Balaban J connectivity index is 1.65. The first-order chi connectivity index (χ1) is 19.1. The maximum Gasteiger partial charge on any atom is 0.277 e. The van der Waals surface area contributed by atoms with Crippen LogP contribution in [0.3, 0.4) is 0 Å². The minimum Gasteiger partial charge on any atom is -0.396 e. The van der Waals surface area contributed by atoms with E-state index in [0.717, 1.165) is 22.5 Å². The van der Waals surface area contributed by atoms with E-state index in [-0.39, 0.29) is 19.8 Å². The maximum absolute atomic E-state index is 15.5. The van der Waals surface area contributed by atoms with Gasteiger partial charge in [0, 0.05) is 34.3 Å². The van der Waals surface area contributed by atoms with Crippen LogP contribution < -0.4 is 15.5 Å². The lowest BCUT2D eigenvalue weighted by Crippen LogP contribution is -2.28. The molecule has 1 heterocycles. The lowest BCUT2D eigenvalue weighted by atomic mass is 10.1. The van der Waals surface area contributed by atoms with Crippen molar-refractivity contribution in [2.24, 2.45) is 5.92 Å². The molecule has 0 radical (unpaired) electrons. The summed E-state index contributed by atoms with van der Waals surface area (Å²) in [6.45, 7) is 1.77. The Morgan fingerprint density at radius 1 is 1.18 bits per heavy atom. The maximum atomic E-state index is 15.5. The first kappa shape index (κ1) is 30.2. The number of aliphatic hydroxyl groups excluding tert-OH is 1. The monoisotopic (exact) mass is 686 g/mol. The molecule has 40 heavy (non-hydrogen) atoms. The smallest absolute Gasteiger partial charge is 0.277 e. The topological polar surface area (TPSA) is 130 Å². The SMILES string of the molecule is Cc1cc(I)ccc1Nc1c(C(=O)NOCC2CC2)cc(S(=O)(=O)NCc2ccnc(CCCO)c2)c(F)c1F. The molecule has 2 aromatic carbocycles. The number of halogens is 3. The molecule has 1 saturated carbocycles. The number of nitrogens with one attached hydrogen (secondary N) is 3. The number of hydroxylamine groups is 1. The molecule has 13 heteroatoms. The van der Waals surface area contributed by atoms with E-state index in [1.807, 2.05) is 6.07 Å². The Bertz CT molecular complexity index is 1500. The zero-order valence-electron chi connectivity index (χ0n) is 21.6. The fourth-order valence-corrected chi connectivity index (χ4v) is 5.61. The van der Waals surface area contributed by atoms with Crippen LogP contribution in [0.4, 0.5) is 20.2 Å². The summed E-state index contributed by atoms with van der Waals surface area (Å²) >= 11 is 2.11. The normalized spacial score (nSPS) is 13.3. The Hall–Kier alpha value is -2.72. The highest BCUT2D eigenvalue weighted by Gasteiger charge is 2.30. The number of aromatic nitrogens is 1. The van der Waals surface area contributed by atoms with Crippen LogP contribution in [0, 0.1) is 28.0 Å². The summed E-state index contributed by atoms with van der Waals surface area (Å²) in [7, 11) is -4.60. The number of anilines is 2. The van der Waals surface area contributed by atoms with Gasteiger partial charge in [-0.3, -0.25) is 14.6 Å². The number of benzene rings is 2. The standard InChI is InChI=1S/C27H29F2IN4O5S/c1-16-11-19(30)6-7-22(16)33-26-21(27(36)34-39-15-17-4-5-17)13-23(24(28)25(26)29)40(37,38)32-14-18-8-9-31-20(12-18)3-2-10-35/h6-9,11-13,17,32-33,35H,2-5,10,14-15H2,1H3,(H,34,36). The molecule has 3 aromatic rings. The highest BCUT2D eigenvalue weighted by Crippen LogP contribution is 2.33. The van der Waals surface area contributed by atoms with E-state index in [1.54, 1.807) is 31.2 Å². The third kappa shape index (κ3) is 7.72. The van der Waals surface area contributed by atoms with Crippen molar-refractivity contribution in [3.05, 3.63) is 80.2 Å². The van der Waals surface area contributed by atoms with Crippen LogP contribution in [0.25, 0.3) is 0 Å². The highest BCUT2D eigenvalue weighted by atomic mass is 127. The highest BCUT2D eigenvalue weighted by molar-refractivity contribution is 14.1. The molecule has 0 atom stereocenters. The molecular formula is C27H29F2IN4O5S. The van der Waals surface area contributed by atoms with Crippen molar-refractivity contribution in [1.29, 1.82) is 0 Å². The van der Waals surface area contributed by atoms with Crippen LogP contribution in [0.2, 0.25) is 0 Å². The van der Waals surface area contributed by atoms with E-state index < -0.39 is 43.7 Å². The molecule has 1 fully saturated rings. The van der Waals surface area contributed by atoms with E-state index in [2.05, 4.69) is 43.1 Å². The Labute approximate surface area is 244 Å². The zero-order valence-corrected chi connectivity index (χ0v) is 24.6. The molecule has 1 aliphatic carbocycles. The number of carbonyl (C=O) groups excluding carboxylic acids is 1. The van der Waals surface area contributed by atoms with E-state index in [9.17, 15) is 13.2 Å². The van der Waals surface area contributed by atoms with Crippen molar-refractivity contribution in [1.82, 2.24) is 15.2 Å². The van der Waals surface area contributed by atoms with Crippen LogP contribution in [0.1, 0.15) is 46.4 Å². The number of sulfonamides is 1. The van der Waals surface area contributed by atoms with E-state index in [0.29, 0.717) is 41.3 Å². The number of nitrogens with zero attached hydrogens (tertiary/aromatic N) is 1. The third-order valence-corrected chi connectivity index (χ3v) is 8.35. The number of pyridine rings is 1. The molecule has 9 nitrogen and oxygen atoms in total. The predicted octanol–water partition coefficient (Wildman–Crippen LogP) is 4.49. The lowest BCUT2D eigenvalue weighted by molar-refractivity contribution is 0.0270. The van der Waals surface area contributed by atoms with Gasteiger partial charge in [0.1, 0.15) is 4.90 Å². The number of hydrogen-bond acceptors (Lipinski definition) is 7. The summed E-state index contributed by atoms with van der Waals surface area (Å²) < 4.78 is 60.3. The minimum atomic E-state index is -4.60. The minimum absolute atomic E-state index is 0.0150. The molecule has 1 amide bonds. The fourth-order valence-electron chi connectivity index (χ4n) is 3.86. The number of aryl methyl sites for hydroxylation is 2. The van der Waals surface area contributed by atoms with Gasteiger partial charge in [0.05, 0.1) is 17.9 Å². The quantitative estimate of drug-likeness (QED) is 0.154. The fraction of sp³-hybridized carbons (Fsp3) is 0.333. The second-order valence-electron chi connectivity index (χ2n) is 9.50. The third-order valence-electron chi connectivity index (χ3n) is 6.27. The second-order valence-corrected chi connectivity index (χ2v) is 12.5. The van der Waals surface area contributed by atoms with Crippen LogP contribution in [-0.2, 0) is 27.8 Å². The average Bonchev–Trinajstić information content (AvgIpc) is 3.75. The van der Waals surface area contributed by atoms with Gasteiger partial charge in [-0.05, 0) is 109 Å². The zero-order chi connectivity index (χ0) is 28.9. The van der Waals surface area contributed by atoms with Gasteiger partial charge in [-0.2, -0.15) is 0 Å². The number of rotatable bonds is 13. The molecule has 0 saturated heterocycles. The molecule has 0 bridgehead atoms. The van der Waals surface area contributed by atoms with Gasteiger partial charge in [-0.25, -0.2) is 27.4 Å². The van der Waals surface area contributed by atoms with Gasteiger partial charge in [-0.15, -0.1) is 0 Å². The molecule has 0 spiro atoms. The van der Waals surface area contributed by atoms with Crippen LogP contribution in [0.15, 0.2) is 47.5 Å². The van der Waals surface area contributed by atoms with Crippen molar-refractivity contribution in [3.8, 4) is 0 Å². The van der Waals surface area contributed by atoms with Gasteiger partial charge in [0.25, 0.3) is 5.91 Å². The van der Waals surface area contributed by atoms with Crippen LogP contribution in [-0.4, -0.2) is 37.6 Å². The molecule has 4 rings (SSSR count). The molecule has 4 N–H and O–H groups in total. The van der Waals surface area contributed by atoms with Gasteiger partial charge >= 0.3 is 0 Å². The Morgan fingerprint density at radius 3 is 2.65 bits per heavy atom. The number of amides is 1. The predicted molar refractivity (Wildman–Crippen MR) is 153 cm³/mol. The van der Waals surface area contributed by atoms with Gasteiger partial charge in [0.2, 0.25) is 10.0 Å². The van der Waals surface area contributed by atoms with Crippen LogP contribution in [0.5, 0.6) is 0 Å². The summed E-state index contributed by atoms with van der Waals surface area (Å²) in [6, 6.07) is 9.23. The summed E-state index contributed by atoms with van der Waals surface area (Å²) in [5.41, 5.74) is 3.56. The number of carbonyl (C=O) groups is 1. The molecule has 0 aliphatic heterocycles. The Kier molecular flexibility index (Phi) is 10.1. The van der Waals surface area contributed by atoms with Gasteiger partial charge in [-0.1, -0.05) is 0 Å². The van der Waals surface area contributed by atoms with E-state index in [4.69, 9.17) is 9.94 Å². The number of hydrogen-bond donors (Lipinski definition) is 4. The molecule has 1 aromatic heterocycles. The average molecular weight is 687 g/mol. The molecule has 0 unspecified atom stereocenters. The van der Waals surface area contributed by atoms with E-state index >= 15 is 8.78 Å².